The molecule has 0 unspecified atom stereocenters. The number of halogens is 3. The molecule has 1 aliphatic rings. The van der Waals surface area contributed by atoms with Gasteiger partial charge in [0.1, 0.15) is 5.82 Å². The Balaban J connectivity index is 1.46. The van der Waals surface area contributed by atoms with Crippen LogP contribution >= 0.6 is 11.6 Å². The average Bonchev–Trinajstić information content (AvgIpc) is 3.26. The van der Waals surface area contributed by atoms with Crippen molar-refractivity contribution in [2.75, 3.05) is 41.8 Å². The number of aromatic amines is 1. The minimum absolute atomic E-state index is 0.0217. The van der Waals surface area contributed by atoms with Crippen LogP contribution in [0.5, 0.6) is 0 Å². The van der Waals surface area contributed by atoms with Crippen LogP contribution in [0.3, 0.4) is 0 Å². The summed E-state index contributed by atoms with van der Waals surface area (Å²) in [6.07, 6.45) is 0. The van der Waals surface area contributed by atoms with E-state index in [1.807, 2.05) is 12.1 Å². The fourth-order valence-electron chi connectivity index (χ4n) is 3.23. The number of rotatable bonds is 5. The zero-order valence-corrected chi connectivity index (χ0v) is 17.4. The molecule has 0 radical (unpaired) electrons. The minimum Gasteiger partial charge on any atom is -0.378 e. The number of hydrogen-bond acceptors (Lipinski definition) is 5. The molecule has 2 aromatic carbocycles. The summed E-state index contributed by atoms with van der Waals surface area (Å²) in [7, 11) is 0. The van der Waals surface area contributed by atoms with Crippen LogP contribution in [-0.2, 0) is 4.74 Å². The molecule has 1 fully saturated rings. The predicted octanol–water partition coefficient (Wildman–Crippen LogP) is 3.68. The number of para-hydroxylation sites is 2. The summed E-state index contributed by atoms with van der Waals surface area (Å²) < 4.78 is 32.0. The summed E-state index contributed by atoms with van der Waals surface area (Å²) >= 11 is 5.82. The molecule has 1 saturated heterocycles. The second-order valence-electron chi connectivity index (χ2n) is 6.94. The highest BCUT2D eigenvalue weighted by Gasteiger charge is 2.19. The van der Waals surface area contributed by atoms with Crippen LogP contribution in [-0.4, -0.2) is 48.3 Å². The predicted molar refractivity (Wildman–Crippen MR) is 115 cm³/mol. The number of carbonyl (C=O) groups excluding carboxylic acids is 2. The molecule has 0 aliphatic carbocycles. The average molecular weight is 462 g/mol. The van der Waals surface area contributed by atoms with E-state index < -0.39 is 23.4 Å². The molecule has 32 heavy (non-hydrogen) atoms. The lowest BCUT2D eigenvalue weighted by Crippen LogP contribution is -2.36. The summed E-state index contributed by atoms with van der Waals surface area (Å²) in [5.74, 6) is -3.56. The first-order valence-electron chi connectivity index (χ1n) is 9.67. The minimum atomic E-state index is -1.21. The van der Waals surface area contributed by atoms with Crippen molar-refractivity contribution in [3.05, 3.63) is 70.4 Å². The number of hydrogen-bond donors (Lipinski definition) is 3. The number of carbonyl (C=O) groups is 2. The number of nitrogens with zero attached hydrogens (tertiary/aromatic N) is 2. The maximum atomic E-state index is 13.4. The Morgan fingerprint density at radius 3 is 2.53 bits per heavy atom. The normalized spacial score (nSPS) is 13.7. The smallest absolute Gasteiger partial charge is 0.276 e. The van der Waals surface area contributed by atoms with E-state index in [2.05, 4.69) is 25.7 Å². The Kier molecular flexibility index (Phi) is 6.33. The van der Waals surface area contributed by atoms with Gasteiger partial charge in [0.25, 0.3) is 11.8 Å². The number of amides is 2. The zero-order chi connectivity index (χ0) is 22.7. The molecule has 4 rings (SSSR count). The largest absolute Gasteiger partial charge is 0.378 e. The molecule has 0 spiro atoms. The van der Waals surface area contributed by atoms with Crippen molar-refractivity contribution in [3.63, 3.8) is 0 Å². The van der Waals surface area contributed by atoms with Crippen LogP contribution < -0.4 is 15.5 Å². The van der Waals surface area contributed by atoms with Gasteiger partial charge < -0.3 is 20.3 Å². The van der Waals surface area contributed by atoms with Gasteiger partial charge in [-0.1, -0.05) is 23.7 Å². The van der Waals surface area contributed by atoms with Crippen molar-refractivity contribution in [3.8, 4) is 0 Å². The van der Waals surface area contributed by atoms with Crippen molar-refractivity contribution in [2.45, 2.75) is 0 Å². The molecule has 1 aliphatic heterocycles. The molecule has 0 saturated carbocycles. The van der Waals surface area contributed by atoms with Crippen LogP contribution in [0.4, 0.5) is 26.0 Å². The number of ether oxygens (including phenoxy) is 1. The van der Waals surface area contributed by atoms with Crippen LogP contribution in [0.2, 0.25) is 5.02 Å². The summed E-state index contributed by atoms with van der Waals surface area (Å²) in [5, 5.41) is 11.4. The molecule has 0 atom stereocenters. The number of aromatic nitrogens is 2. The maximum absolute atomic E-state index is 13.4. The van der Waals surface area contributed by atoms with Gasteiger partial charge in [-0.15, -0.1) is 0 Å². The third-order valence-corrected chi connectivity index (χ3v) is 5.13. The van der Waals surface area contributed by atoms with Crippen molar-refractivity contribution < 1.29 is 23.1 Å². The van der Waals surface area contributed by atoms with Crippen molar-refractivity contribution in [1.29, 1.82) is 0 Å². The van der Waals surface area contributed by atoms with Crippen molar-refractivity contribution in [1.82, 2.24) is 10.2 Å². The van der Waals surface area contributed by atoms with Gasteiger partial charge in [0.15, 0.2) is 17.3 Å². The fourth-order valence-corrected chi connectivity index (χ4v) is 3.47. The lowest BCUT2D eigenvalue weighted by Gasteiger charge is -2.30. The Morgan fingerprint density at radius 2 is 1.75 bits per heavy atom. The van der Waals surface area contributed by atoms with E-state index in [9.17, 15) is 18.4 Å². The maximum Gasteiger partial charge on any atom is 0.276 e. The van der Waals surface area contributed by atoms with Crippen LogP contribution in [0.25, 0.3) is 0 Å². The second-order valence-corrected chi connectivity index (χ2v) is 7.35. The Morgan fingerprint density at radius 1 is 1.03 bits per heavy atom. The molecule has 3 aromatic rings. The van der Waals surface area contributed by atoms with E-state index in [0.717, 1.165) is 5.69 Å². The lowest BCUT2D eigenvalue weighted by atomic mass is 10.2. The zero-order valence-electron chi connectivity index (χ0n) is 16.6. The van der Waals surface area contributed by atoms with Gasteiger partial charge in [0, 0.05) is 19.2 Å². The second kappa shape index (κ2) is 9.33. The first-order valence-corrected chi connectivity index (χ1v) is 10.0. The summed E-state index contributed by atoms with van der Waals surface area (Å²) in [5.41, 5.74) is 1.24. The molecule has 8 nitrogen and oxygen atoms in total. The first-order chi connectivity index (χ1) is 15.4. The molecule has 1 aromatic heterocycles. The monoisotopic (exact) mass is 461 g/mol. The van der Waals surface area contributed by atoms with Gasteiger partial charge in [-0.25, -0.2) is 8.78 Å². The number of H-pyrrole nitrogens is 1. The first kappa shape index (κ1) is 21.7. The molecule has 166 valence electrons. The quantitative estimate of drug-likeness (QED) is 0.503. The van der Waals surface area contributed by atoms with E-state index in [0.29, 0.717) is 44.1 Å². The molecular weight excluding hydrogens is 444 g/mol. The van der Waals surface area contributed by atoms with Gasteiger partial charge in [0.2, 0.25) is 0 Å². The number of anilines is 3. The van der Waals surface area contributed by atoms with Gasteiger partial charge in [-0.05, 0) is 24.3 Å². The van der Waals surface area contributed by atoms with E-state index in [4.69, 9.17) is 16.3 Å². The molecule has 11 heteroatoms. The Hall–Kier alpha value is -3.50. The summed E-state index contributed by atoms with van der Waals surface area (Å²) in [6, 6.07) is 10.1. The number of morpholine rings is 1. The highest BCUT2D eigenvalue weighted by Crippen LogP contribution is 2.27. The van der Waals surface area contributed by atoms with Gasteiger partial charge in [-0.2, -0.15) is 5.10 Å². The standard InChI is InChI=1S/C21H18ClF2N5O3/c22-13-10-15(24)14(23)9-12(13)20(30)26-19-11-17(27-28-19)21(31)25-16-3-1-2-4-18(16)29-5-7-32-8-6-29/h1-4,9-11H,5-8H2,(H,25,31)(H2,26,27,28,30). The van der Waals surface area contributed by atoms with E-state index in [1.165, 1.54) is 6.07 Å². The van der Waals surface area contributed by atoms with E-state index >= 15 is 0 Å². The van der Waals surface area contributed by atoms with E-state index in [1.54, 1.807) is 12.1 Å². The Labute approximate surface area is 186 Å². The topological polar surface area (TPSA) is 99.4 Å². The third-order valence-electron chi connectivity index (χ3n) is 4.82. The molecule has 0 bridgehead atoms. The third kappa shape index (κ3) is 4.71. The van der Waals surface area contributed by atoms with E-state index in [-0.39, 0.29) is 22.1 Å². The molecule has 3 N–H and O–H groups in total. The number of nitrogens with one attached hydrogen (secondary N) is 3. The fraction of sp³-hybridized carbons (Fsp3) is 0.190. The summed E-state index contributed by atoms with van der Waals surface area (Å²) in [4.78, 5) is 27.1. The van der Waals surface area contributed by atoms with Crippen molar-refractivity contribution in [2.24, 2.45) is 0 Å². The molecule has 2 heterocycles. The van der Waals surface area contributed by atoms with Crippen molar-refractivity contribution >= 4 is 40.6 Å². The lowest BCUT2D eigenvalue weighted by molar-refractivity contribution is 0.101. The van der Waals surface area contributed by atoms with Gasteiger partial charge >= 0.3 is 0 Å². The highest BCUT2D eigenvalue weighted by molar-refractivity contribution is 6.34. The van der Waals surface area contributed by atoms with Gasteiger partial charge in [-0.3, -0.25) is 14.7 Å². The molecule has 2 amide bonds. The summed E-state index contributed by atoms with van der Waals surface area (Å²) in [6.45, 7) is 2.62. The Bertz CT molecular complexity index is 1160. The highest BCUT2D eigenvalue weighted by atomic mass is 35.5. The van der Waals surface area contributed by atoms with Crippen LogP contribution in [0.1, 0.15) is 20.8 Å². The van der Waals surface area contributed by atoms with Crippen LogP contribution in [0.15, 0.2) is 42.5 Å². The number of benzene rings is 2. The van der Waals surface area contributed by atoms with Gasteiger partial charge in [0.05, 0.1) is 35.2 Å². The molecular formula is C21H18ClF2N5O3. The SMILES string of the molecule is O=C(Nc1ccccc1N1CCOCC1)c1cc(NC(=O)c2cc(F)c(F)cc2Cl)[nH]n1. The van der Waals surface area contributed by atoms with Crippen LogP contribution in [0, 0.1) is 11.6 Å².